The molecular weight excluding hydrogens is 501 g/mol. The van der Waals surface area contributed by atoms with Crippen LogP contribution in [-0.4, -0.2) is 55.3 Å². The summed E-state index contributed by atoms with van der Waals surface area (Å²) in [5.74, 6) is 0.886. The SMILES string of the molecule is COc1cc(C(F)(F)F)ccc1Nc1nccn(-c2cc(C)c(CN3CC(c4nn[nH]n4)C3)c(C)c2)c1=O. The molecule has 1 aliphatic rings. The van der Waals surface area contributed by atoms with Gasteiger partial charge in [-0.05, 0) is 60.9 Å². The lowest BCUT2D eigenvalue weighted by molar-refractivity contribution is -0.137. The lowest BCUT2D eigenvalue weighted by Gasteiger charge is -2.38. The molecule has 1 fully saturated rings. The van der Waals surface area contributed by atoms with Crippen molar-refractivity contribution >= 4 is 11.5 Å². The van der Waals surface area contributed by atoms with E-state index in [0.717, 1.165) is 48.7 Å². The van der Waals surface area contributed by atoms with Crippen molar-refractivity contribution in [2.45, 2.75) is 32.5 Å². The van der Waals surface area contributed by atoms with Crippen LogP contribution in [0.4, 0.5) is 24.7 Å². The van der Waals surface area contributed by atoms with E-state index in [1.807, 2.05) is 26.0 Å². The van der Waals surface area contributed by atoms with Gasteiger partial charge in [-0.15, -0.1) is 10.2 Å². The summed E-state index contributed by atoms with van der Waals surface area (Å²) in [6, 6.07) is 6.87. The summed E-state index contributed by atoms with van der Waals surface area (Å²) in [7, 11) is 1.26. The Bertz CT molecular complexity index is 1490. The Morgan fingerprint density at radius 1 is 1.16 bits per heavy atom. The first-order valence-corrected chi connectivity index (χ1v) is 11.8. The number of nitrogens with zero attached hydrogens (tertiary/aromatic N) is 6. The van der Waals surface area contributed by atoms with Gasteiger partial charge in [-0.25, -0.2) is 4.98 Å². The molecule has 5 rings (SSSR count). The minimum atomic E-state index is -4.52. The largest absolute Gasteiger partial charge is 0.495 e. The van der Waals surface area contributed by atoms with E-state index in [9.17, 15) is 18.0 Å². The normalized spacial score (nSPS) is 14.4. The average molecular weight is 527 g/mol. The van der Waals surface area contributed by atoms with E-state index < -0.39 is 17.3 Å². The van der Waals surface area contributed by atoms with Crippen LogP contribution in [0.2, 0.25) is 0 Å². The Morgan fingerprint density at radius 2 is 1.89 bits per heavy atom. The monoisotopic (exact) mass is 526 g/mol. The van der Waals surface area contributed by atoms with E-state index >= 15 is 0 Å². The first-order valence-electron chi connectivity index (χ1n) is 11.8. The van der Waals surface area contributed by atoms with Crippen molar-refractivity contribution in [3.8, 4) is 11.4 Å². The Labute approximate surface area is 215 Å². The number of ether oxygens (including phenoxy) is 1. The Morgan fingerprint density at radius 3 is 2.53 bits per heavy atom. The van der Waals surface area contributed by atoms with Gasteiger partial charge in [-0.2, -0.15) is 18.4 Å². The van der Waals surface area contributed by atoms with E-state index in [1.165, 1.54) is 29.5 Å². The molecule has 0 radical (unpaired) electrons. The molecule has 38 heavy (non-hydrogen) atoms. The maximum absolute atomic E-state index is 13.3. The highest BCUT2D eigenvalue weighted by molar-refractivity contribution is 5.65. The number of aryl methyl sites for hydroxylation is 2. The molecule has 0 atom stereocenters. The third kappa shape index (κ3) is 4.96. The number of likely N-dealkylation sites (tertiary alicyclic amines) is 1. The van der Waals surface area contributed by atoms with Crippen LogP contribution < -0.4 is 15.6 Å². The van der Waals surface area contributed by atoms with Crippen molar-refractivity contribution in [3.05, 3.63) is 81.2 Å². The second kappa shape index (κ2) is 9.89. The van der Waals surface area contributed by atoms with Crippen LogP contribution in [0, 0.1) is 13.8 Å². The minimum Gasteiger partial charge on any atom is -0.495 e. The molecule has 0 spiro atoms. The topological polar surface area (TPSA) is 114 Å². The number of halogens is 3. The Kier molecular flexibility index (Phi) is 6.61. The van der Waals surface area contributed by atoms with Crippen LogP contribution in [0.25, 0.3) is 5.69 Å². The lowest BCUT2D eigenvalue weighted by Crippen LogP contribution is -2.44. The molecule has 3 heterocycles. The quantitative estimate of drug-likeness (QED) is 0.375. The van der Waals surface area contributed by atoms with Crippen LogP contribution in [0.3, 0.4) is 0 Å². The van der Waals surface area contributed by atoms with Gasteiger partial charge in [0.2, 0.25) is 0 Å². The number of rotatable bonds is 7. The predicted octanol–water partition coefficient (Wildman–Crippen LogP) is 3.73. The van der Waals surface area contributed by atoms with Crippen molar-refractivity contribution in [1.29, 1.82) is 0 Å². The molecule has 0 amide bonds. The number of benzene rings is 2. The highest BCUT2D eigenvalue weighted by Gasteiger charge is 2.32. The second-order valence-electron chi connectivity index (χ2n) is 9.21. The number of methoxy groups -OCH3 is 1. The summed E-state index contributed by atoms with van der Waals surface area (Å²) >= 11 is 0. The second-order valence-corrected chi connectivity index (χ2v) is 9.21. The zero-order chi connectivity index (χ0) is 27.0. The first kappa shape index (κ1) is 25.4. The molecule has 13 heteroatoms. The number of alkyl halides is 3. The molecule has 0 aliphatic carbocycles. The predicted molar refractivity (Wildman–Crippen MR) is 133 cm³/mol. The maximum Gasteiger partial charge on any atom is 0.416 e. The van der Waals surface area contributed by atoms with Gasteiger partial charge in [-0.3, -0.25) is 14.3 Å². The van der Waals surface area contributed by atoms with E-state index in [4.69, 9.17) is 4.74 Å². The fourth-order valence-electron chi connectivity index (χ4n) is 4.59. The summed E-state index contributed by atoms with van der Waals surface area (Å²) < 4.78 is 45.8. The van der Waals surface area contributed by atoms with E-state index in [-0.39, 0.29) is 23.2 Å². The molecule has 10 nitrogen and oxygen atoms in total. The fraction of sp³-hybridized carbons (Fsp3) is 0.320. The standard InChI is InChI=1S/C25H25F3N8O2/c1-14-8-18(9-15(2)19(14)13-35-11-16(12-35)22-31-33-34-32-22)36-7-6-29-23(24(36)37)30-20-5-4-17(25(26,27)28)10-21(20)38-3/h4-10,16H,11-13H2,1-3H3,(H,29,30)(H,31,32,33,34). The number of H-pyrrole nitrogens is 1. The third-order valence-electron chi connectivity index (χ3n) is 6.65. The van der Waals surface area contributed by atoms with Gasteiger partial charge in [0.05, 0.1) is 18.4 Å². The van der Waals surface area contributed by atoms with Gasteiger partial charge in [0.25, 0.3) is 5.56 Å². The zero-order valence-electron chi connectivity index (χ0n) is 20.9. The fourth-order valence-corrected chi connectivity index (χ4v) is 4.59. The van der Waals surface area contributed by atoms with E-state index in [1.54, 1.807) is 6.20 Å². The van der Waals surface area contributed by atoms with Gasteiger partial charge >= 0.3 is 6.18 Å². The van der Waals surface area contributed by atoms with Crippen LogP contribution in [-0.2, 0) is 12.7 Å². The molecule has 1 aliphatic heterocycles. The summed E-state index contributed by atoms with van der Waals surface area (Å²) in [5, 5.41) is 17.0. The molecule has 2 aromatic heterocycles. The van der Waals surface area contributed by atoms with E-state index in [2.05, 4.69) is 35.8 Å². The number of aromatic nitrogens is 6. The van der Waals surface area contributed by atoms with Crippen molar-refractivity contribution in [2.24, 2.45) is 0 Å². The summed E-state index contributed by atoms with van der Waals surface area (Å²) in [5.41, 5.74) is 2.79. The van der Waals surface area contributed by atoms with Crippen LogP contribution in [0.15, 0.2) is 47.5 Å². The molecular formula is C25H25F3N8O2. The summed E-state index contributed by atoms with van der Waals surface area (Å²) in [4.78, 5) is 19.7. The number of nitrogens with one attached hydrogen (secondary N) is 2. The van der Waals surface area contributed by atoms with Gasteiger partial charge in [0.1, 0.15) is 5.75 Å². The molecule has 2 N–H and O–H groups in total. The highest BCUT2D eigenvalue weighted by atomic mass is 19.4. The molecule has 2 aromatic carbocycles. The van der Waals surface area contributed by atoms with Gasteiger partial charge in [0, 0.05) is 43.6 Å². The minimum absolute atomic E-state index is 0.0435. The smallest absolute Gasteiger partial charge is 0.416 e. The highest BCUT2D eigenvalue weighted by Crippen LogP contribution is 2.35. The van der Waals surface area contributed by atoms with Gasteiger partial charge in [-0.1, -0.05) is 5.21 Å². The van der Waals surface area contributed by atoms with Crippen LogP contribution in [0.1, 0.15) is 34.0 Å². The molecule has 198 valence electrons. The van der Waals surface area contributed by atoms with E-state index in [0.29, 0.717) is 5.69 Å². The first-order chi connectivity index (χ1) is 18.1. The average Bonchev–Trinajstić information content (AvgIpc) is 3.37. The van der Waals surface area contributed by atoms with Crippen molar-refractivity contribution in [2.75, 3.05) is 25.5 Å². The van der Waals surface area contributed by atoms with Crippen LogP contribution >= 0.6 is 0 Å². The molecule has 4 aromatic rings. The molecule has 1 saturated heterocycles. The zero-order valence-corrected chi connectivity index (χ0v) is 20.9. The van der Waals surface area contributed by atoms with Crippen molar-refractivity contribution in [1.82, 2.24) is 35.1 Å². The number of tetrazole rings is 1. The molecule has 0 unspecified atom stereocenters. The van der Waals surface area contributed by atoms with Crippen molar-refractivity contribution < 1.29 is 17.9 Å². The Hall–Kier alpha value is -4.26. The molecule has 0 saturated carbocycles. The van der Waals surface area contributed by atoms with Gasteiger partial charge < -0.3 is 10.1 Å². The number of hydrogen-bond acceptors (Lipinski definition) is 8. The maximum atomic E-state index is 13.3. The number of anilines is 2. The third-order valence-corrected chi connectivity index (χ3v) is 6.65. The van der Waals surface area contributed by atoms with Gasteiger partial charge in [0.15, 0.2) is 11.6 Å². The lowest BCUT2D eigenvalue weighted by atomic mass is 9.95. The number of hydrogen-bond donors (Lipinski definition) is 2. The van der Waals surface area contributed by atoms with Crippen LogP contribution in [0.5, 0.6) is 5.75 Å². The Balaban J connectivity index is 1.36. The number of aromatic amines is 1. The summed E-state index contributed by atoms with van der Waals surface area (Å²) in [6.07, 6.45) is -1.51. The molecule has 0 bridgehead atoms. The summed E-state index contributed by atoms with van der Waals surface area (Å²) in [6.45, 7) is 6.44. The van der Waals surface area contributed by atoms with Crippen molar-refractivity contribution in [3.63, 3.8) is 0 Å².